The van der Waals surface area contributed by atoms with Crippen molar-refractivity contribution in [1.82, 2.24) is 14.8 Å². The molecule has 0 saturated carbocycles. The molecule has 0 amide bonds. The number of nitrogens with zero attached hydrogens (tertiary/aromatic N) is 4. The van der Waals surface area contributed by atoms with E-state index in [4.69, 9.17) is 0 Å². The molecule has 22 heavy (non-hydrogen) atoms. The number of aromatic nitrogens is 3. The van der Waals surface area contributed by atoms with E-state index in [1.807, 2.05) is 6.07 Å². The van der Waals surface area contributed by atoms with Crippen LogP contribution in [0.25, 0.3) is 5.69 Å². The van der Waals surface area contributed by atoms with Crippen LogP contribution in [-0.4, -0.2) is 39.8 Å². The summed E-state index contributed by atoms with van der Waals surface area (Å²) in [5, 5.41) is 17.8. The second-order valence-electron chi connectivity index (χ2n) is 4.72. The molecular weight excluding hydrogens is 410 g/mol. The summed E-state index contributed by atoms with van der Waals surface area (Å²) in [4.78, 5) is 4.02. The Morgan fingerprint density at radius 3 is 2.50 bits per heavy atom. The first-order chi connectivity index (χ1) is 10.6. The monoisotopic (exact) mass is 432 g/mol. The fourth-order valence-electron chi connectivity index (χ4n) is 2.02. The second kappa shape index (κ2) is 9.90. The first kappa shape index (κ1) is 19.0. The van der Waals surface area contributed by atoms with Crippen molar-refractivity contribution in [1.29, 1.82) is 0 Å². The van der Waals surface area contributed by atoms with Crippen LogP contribution in [0.15, 0.2) is 29.8 Å². The van der Waals surface area contributed by atoms with Crippen molar-refractivity contribution in [2.24, 2.45) is 4.99 Å². The molecule has 2 rings (SSSR count). The summed E-state index contributed by atoms with van der Waals surface area (Å²) >= 11 is 2.32. The molecule has 120 valence electrons. The molecule has 1 aromatic heterocycles. The Morgan fingerprint density at radius 2 is 2.00 bits per heavy atom. The standard InChI is InChI=1S/C14H18N4O.CH4IP/c1-4-10(2)12-5-11(18-8-16-17-9-18)6-14(19)13(12)7-15-3;1-3-2/h5-10,19H,4H2,1-3H3;3H,1H3. The van der Waals surface area contributed by atoms with E-state index in [-0.39, 0.29) is 5.75 Å². The average Bonchev–Trinajstić information content (AvgIpc) is 3.03. The Hall–Kier alpha value is -1.01. The Morgan fingerprint density at radius 1 is 1.41 bits per heavy atom. The highest BCUT2D eigenvalue weighted by Gasteiger charge is 2.14. The van der Waals surface area contributed by atoms with Gasteiger partial charge in [0.25, 0.3) is 0 Å². The van der Waals surface area contributed by atoms with Crippen LogP contribution >= 0.6 is 28.3 Å². The smallest absolute Gasteiger partial charge is 0.126 e. The van der Waals surface area contributed by atoms with Gasteiger partial charge in [-0.1, -0.05) is 42.1 Å². The molecule has 2 unspecified atom stereocenters. The van der Waals surface area contributed by atoms with Gasteiger partial charge in [0.2, 0.25) is 0 Å². The average molecular weight is 432 g/mol. The van der Waals surface area contributed by atoms with Gasteiger partial charge in [0.05, 0.1) is 5.69 Å². The Labute approximate surface area is 146 Å². The van der Waals surface area contributed by atoms with Crippen molar-refractivity contribution in [2.45, 2.75) is 26.2 Å². The second-order valence-corrected chi connectivity index (χ2v) is 8.34. The van der Waals surface area contributed by atoms with E-state index in [0.29, 0.717) is 5.92 Å². The molecule has 1 aromatic carbocycles. The van der Waals surface area contributed by atoms with Crippen LogP contribution in [-0.2, 0) is 0 Å². The molecule has 2 aromatic rings. The predicted octanol–water partition coefficient (Wildman–Crippen LogP) is 4.18. The van der Waals surface area contributed by atoms with Gasteiger partial charge in [-0.05, 0) is 30.6 Å². The molecule has 0 saturated heterocycles. The lowest BCUT2D eigenvalue weighted by atomic mass is 9.93. The van der Waals surface area contributed by atoms with Crippen molar-refractivity contribution in [3.8, 4) is 11.4 Å². The van der Waals surface area contributed by atoms with Crippen molar-refractivity contribution in [2.75, 3.05) is 13.7 Å². The number of rotatable bonds is 4. The molecule has 0 aliphatic rings. The minimum Gasteiger partial charge on any atom is -0.507 e. The minimum atomic E-state index is 0.229. The third-order valence-electron chi connectivity index (χ3n) is 3.29. The first-order valence-electron chi connectivity index (χ1n) is 7.00. The number of phenolic OH excluding ortho intramolecular Hbond substituents is 1. The fraction of sp³-hybridized carbons (Fsp3) is 0.400. The summed E-state index contributed by atoms with van der Waals surface area (Å²) in [5.41, 5.74) is 2.72. The summed E-state index contributed by atoms with van der Waals surface area (Å²) in [6, 6.07) is 3.75. The van der Waals surface area contributed by atoms with Crippen molar-refractivity contribution >= 4 is 34.5 Å². The lowest BCUT2D eigenvalue weighted by molar-refractivity contribution is 0.472. The molecule has 0 aliphatic carbocycles. The topological polar surface area (TPSA) is 63.3 Å². The number of benzene rings is 1. The minimum absolute atomic E-state index is 0.229. The van der Waals surface area contributed by atoms with E-state index in [1.54, 1.807) is 36.6 Å². The molecule has 0 fully saturated rings. The predicted molar refractivity (Wildman–Crippen MR) is 104 cm³/mol. The lowest BCUT2D eigenvalue weighted by Gasteiger charge is -2.16. The molecular formula is C15H22IN4OP. The zero-order chi connectivity index (χ0) is 16.5. The molecule has 1 heterocycles. The maximum atomic E-state index is 10.2. The van der Waals surface area contributed by atoms with Crippen LogP contribution in [0.2, 0.25) is 0 Å². The Bertz CT molecular complexity index is 602. The number of halogens is 1. The molecule has 0 aliphatic heterocycles. The zero-order valence-electron chi connectivity index (χ0n) is 13.3. The summed E-state index contributed by atoms with van der Waals surface area (Å²) in [6.07, 6.45) is 6.98. The van der Waals surface area contributed by atoms with E-state index in [0.717, 1.165) is 29.5 Å². The summed E-state index contributed by atoms with van der Waals surface area (Å²) in [5.74, 6) is 0.572. The first-order valence-corrected chi connectivity index (χ1v) is 11.6. The highest BCUT2D eigenvalue weighted by molar-refractivity contribution is 14.2. The van der Waals surface area contributed by atoms with Crippen LogP contribution in [0.1, 0.15) is 37.3 Å². The Kier molecular flexibility index (Phi) is 8.56. The largest absolute Gasteiger partial charge is 0.507 e. The molecule has 0 radical (unpaired) electrons. The van der Waals surface area contributed by atoms with E-state index in [1.165, 1.54) is 0 Å². The van der Waals surface area contributed by atoms with Gasteiger partial charge in [0, 0.05) is 24.9 Å². The van der Waals surface area contributed by atoms with E-state index < -0.39 is 0 Å². The molecule has 7 heteroatoms. The molecule has 0 bridgehead atoms. The van der Waals surface area contributed by atoms with Gasteiger partial charge in [-0.2, -0.15) is 0 Å². The molecule has 1 N–H and O–H groups in total. The number of hydrogen-bond acceptors (Lipinski definition) is 4. The van der Waals surface area contributed by atoms with Crippen LogP contribution in [0.3, 0.4) is 0 Å². The Balaban J connectivity index is 0.000000745. The molecule has 0 spiro atoms. The number of hydrogen-bond donors (Lipinski definition) is 1. The van der Waals surface area contributed by atoms with Crippen LogP contribution < -0.4 is 0 Å². The van der Waals surface area contributed by atoms with Gasteiger partial charge in [-0.3, -0.25) is 9.56 Å². The highest BCUT2D eigenvalue weighted by atomic mass is 127. The van der Waals surface area contributed by atoms with Crippen molar-refractivity contribution in [3.63, 3.8) is 0 Å². The summed E-state index contributed by atoms with van der Waals surface area (Å²) in [6.45, 7) is 6.40. The van der Waals surface area contributed by atoms with Gasteiger partial charge in [0.1, 0.15) is 18.4 Å². The number of aromatic hydroxyl groups is 1. The van der Waals surface area contributed by atoms with Gasteiger partial charge in [0.15, 0.2) is 0 Å². The maximum absolute atomic E-state index is 10.2. The van der Waals surface area contributed by atoms with E-state index in [2.05, 4.69) is 57.7 Å². The van der Waals surface area contributed by atoms with Crippen molar-refractivity contribution in [3.05, 3.63) is 35.9 Å². The molecule has 2 atom stereocenters. The SMILES string of the molecule is CCC(C)c1cc(-n2cnnc2)cc(O)c1C=NC.CPI. The van der Waals surface area contributed by atoms with Gasteiger partial charge >= 0.3 is 0 Å². The van der Waals surface area contributed by atoms with E-state index in [9.17, 15) is 5.11 Å². The summed E-state index contributed by atoms with van der Waals surface area (Å²) < 4.78 is 1.78. The van der Waals surface area contributed by atoms with Crippen LogP contribution in [0.4, 0.5) is 0 Å². The van der Waals surface area contributed by atoms with Crippen molar-refractivity contribution < 1.29 is 5.11 Å². The quantitative estimate of drug-likeness (QED) is 0.448. The van der Waals surface area contributed by atoms with Gasteiger partial charge in [-0.25, -0.2) is 0 Å². The number of aliphatic imine (C=N–C) groups is 1. The van der Waals surface area contributed by atoms with Gasteiger partial charge in [-0.15, -0.1) is 10.2 Å². The van der Waals surface area contributed by atoms with Gasteiger partial charge < -0.3 is 5.11 Å². The third-order valence-corrected chi connectivity index (χ3v) is 3.29. The fourth-order valence-corrected chi connectivity index (χ4v) is 2.02. The van der Waals surface area contributed by atoms with Crippen LogP contribution in [0.5, 0.6) is 5.75 Å². The summed E-state index contributed by atoms with van der Waals surface area (Å²) in [7, 11) is 1.70. The third kappa shape index (κ3) is 5.02. The lowest BCUT2D eigenvalue weighted by Crippen LogP contribution is -2.02. The van der Waals surface area contributed by atoms with Crippen LogP contribution in [0, 0.1) is 0 Å². The number of phenols is 1. The zero-order valence-corrected chi connectivity index (χ0v) is 16.4. The highest BCUT2D eigenvalue weighted by Crippen LogP contribution is 2.31. The van der Waals surface area contributed by atoms with E-state index >= 15 is 0 Å². The maximum Gasteiger partial charge on any atom is 0.126 e. The normalized spacial score (nSPS) is 12.6. The molecule has 5 nitrogen and oxygen atoms in total.